The predicted octanol–water partition coefficient (Wildman–Crippen LogP) is 0.368. The molecule has 1 fully saturated rings. The van der Waals surface area contributed by atoms with Gasteiger partial charge in [0.2, 0.25) is 5.91 Å². The van der Waals surface area contributed by atoms with Gasteiger partial charge in [0.05, 0.1) is 0 Å². The van der Waals surface area contributed by atoms with E-state index in [2.05, 4.69) is 25.2 Å². The molecule has 1 aliphatic heterocycles. The molecule has 0 aliphatic carbocycles. The predicted molar refractivity (Wildman–Crippen MR) is 91.2 cm³/mol. The molecular formula is C16H20N8O. The van der Waals surface area contributed by atoms with Crippen molar-refractivity contribution in [1.29, 1.82) is 0 Å². The topological polar surface area (TPSA) is 84.5 Å². The van der Waals surface area contributed by atoms with Crippen LogP contribution in [-0.2, 0) is 11.3 Å². The third kappa shape index (κ3) is 3.04. The normalized spacial score (nSPS) is 15.1. The number of rotatable bonds is 4. The van der Waals surface area contributed by atoms with Crippen molar-refractivity contribution in [3.8, 4) is 0 Å². The Morgan fingerprint density at radius 3 is 2.76 bits per heavy atom. The number of carbonyl (C=O) groups is 1. The van der Waals surface area contributed by atoms with E-state index in [1.165, 1.54) is 0 Å². The maximum Gasteiger partial charge on any atom is 0.256 e. The second kappa shape index (κ2) is 6.50. The molecule has 1 saturated heterocycles. The number of nitrogens with zero attached hydrogens (tertiary/aromatic N) is 8. The number of hydrogen-bond acceptors (Lipinski definition) is 6. The van der Waals surface area contributed by atoms with Crippen molar-refractivity contribution >= 4 is 17.5 Å². The van der Waals surface area contributed by atoms with Crippen molar-refractivity contribution in [1.82, 2.24) is 34.3 Å². The van der Waals surface area contributed by atoms with E-state index < -0.39 is 0 Å². The molecule has 0 spiro atoms. The zero-order chi connectivity index (χ0) is 17.2. The third-order valence-corrected chi connectivity index (χ3v) is 4.61. The van der Waals surface area contributed by atoms with E-state index in [4.69, 9.17) is 0 Å². The van der Waals surface area contributed by atoms with Gasteiger partial charge in [-0.05, 0) is 19.1 Å². The third-order valence-electron chi connectivity index (χ3n) is 4.61. The summed E-state index contributed by atoms with van der Waals surface area (Å²) in [4.78, 5) is 20.8. The Bertz CT molecular complexity index is 877. The highest BCUT2D eigenvalue weighted by atomic mass is 16.2. The molecular weight excluding hydrogens is 320 g/mol. The lowest BCUT2D eigenvalue weighted by atomic mass is 10.2. The maximum atomic E-state index is 12.4. The Morgan fingerprint density at radius 1 is 1.16 bits per heavy atom. The molecule has 0 atom stereocenters. The minimum Gasteiger partial charge on any atom is -0.354 e. The summed E-state index contributed by atoms with van der Waals surface area (Å²) in [6, 6.07) is 3.90. The highest BCUT2D eigenvalue weighted by Gasteiger charge is 2.22. The summed E-state index contributed by atoms with van der Waals surface area (Å²) in [5.74, 6) is 1.78. The molecule has 0 saturated carbocycles. The number of amides is 1. The van der Waals surface area contributed by atoms with Gasteiger partial charge in [0.15, 0.2) is 0 Å². The molecule has 4 heterocycles. The van der Waals surface area contributed by atoms with Crippen LogP contribution in [0, 0.1) is 6.92 Å². The average molecular weight is 340 g/mol. The van der Waals surface area contributed by atoms with Gasteiger partial charge < -0.3 is 9.80 Å². The summed E-state index contributed by atoms with van der Waals surface area (Å²) >= 11 is 0. The fourth-order valence-corrected chi connectivity index (χ4v) is 3.16. The van der Waals surface area contributed by atoms with Crippen LogP contribution in [0.4, 0.5) is 5.82 Å². The quantitative estimate of drug-likeness (QED) is 0.682. The molecule has 9 nitrogen and oxygen atoms in total. The van der Waals surface area contributed by atoms with Gasteiger partial charge >= 0.3 is 0 Å². The van der Waals surface area contributed by atoms with E-state index in [-0.39, 0.29) is 5.91 Å². The van der Waals surface area contributed by atoms with E-state index in [1.807, 2.05) is 33.0 Å². The van der Waals surface area contributed by atoms with Gasteiger partial charge in [0.1, 0.15) is 12.1 Å². The van der Waals surface area contributed by atoms with Crippen LogP contribution in [0.5, 0.6) is 0 Å². The van der Waals surface area contributed by atoms with Crippen molar-refractivity contribution in [2.24, 2.45) is 0 Å². The average Bonchev–Trinajstić information content (AvgIpc) is 3.28. The van der Waals surface area contributed by atoms with Gasteiger partial charge in [-0.1, -0.05) is 0 Å². The molecule has 4 rings (SSSR count). The first-order valence-corrected chi connectivity index (χ1v) is 8.38. The van der Waals surface area contributed by atoms with Crippen molar-refractivity contribution in [2.45, 2.75) is 19.9 Å². The van der Waals surface area contributed by atoms with Crippen LogP contribution in [0.2, 0.25) is 0 Å². The standard InChI is InChI=1S/C16H20N8O/c1-13-2-6-19-24(13)7-4-15(25)22-10-8-21(9-11-22)14-3-5-17-16-20-18-12-23(14)16/h2-3,5-6,12H,4,7-11H2,1H3. The van der Waals surface area contributed by atoms with Gasteiger partial charge in [-0.25, -0.2) is 4.98 Å². The SMILES string of the molecule is Cc1ccnn1CCC(=O)N1CCN(c2ccnc3nncn23)CC1. The molecule has 3 aromatic heterocycles. The first-order chi connectivity index (χ1) is 12.2. The number of hydrogen-bond donors (Lipinski definition) is 0. The van der Waals surface area contributed by atoms with Gasteiger partial charge in [-0.15, -0.1) is 10.2 Å². The van der Waals surface area contributed by atoms with E-state index >= 15 is 0 Å². The highest BCUT2D eigenvalue weighted by Crippen LogP contribution is 2.16. The smallest absolute Gasteiger partial charge is 0.256 e. The second-order valence-corrected chi connectivity index (χ2v) is 6.12. The summed E-state index contributed by atoms with van der Waals surface area (Å²) in [6.45, 7) is 5.61. The first-order valence-electron chi connectivity index (χ1n) is 8.38. The van der Waals surface area contributed by atoms with Crippen LogP contribution >= 0.6 is 0 Å². The number of aryl methyl sites for hydroxylation is 2. The van der Waals surface area contributed by atoms with Gasteiger partial charge in [0, 0.05) is 57.2 Å². The van der Waals surface area contributed by atoms with E-state index in [9.17, 15) is 4.79 Å². The van der Waals surface area contributed by atoms with E-state index in [0.29, 0.717) is 31.8 Å². The molecule has 9 heteroatoms. The number of fused-ring (bicyclic) bond motifs is 1. The molecule has 0 N–H and O–H groups in total. The minimum atomic E-state index is 0.179. The molecule has 0 unspecified atom stereocenters. The fraction of sp³-hybridized carbons (Fsp3) is 0.438. The summed E-state index contributed by atoms with van der Waals surface area (Å²) < 4.78 is 3.74. The second-order valence-electron chi connectivity index (χ2n) is 6.12. The summed E-state index contributed by atoms with van der Waals surface area (Å²) in [5, 5.41) is 12.1. The van der Waals surface area contributed by atoms with Gasteiger partial charge in [-0.2, -0.15) is 5.10 Å². The number of piperazine rings is 1. The van der Waals surface area contributed by atoms with Crippen LogP contribution in [0.3, 0.4) is 0 Å². The van der Waals surface area contributed by atoms with Crippen LogP contribution in [0.1, 0.15) is 12.1 Å². The van der Waals surface area contributed by atoms with Crippen LogP contribution in [-0.4, -0.2) is 66.3 Å². The minimum absolute atomic E-state index is 0.179. The van der Waals surface area contributed by atoms with Crippen LogP contribution in [0.15, 0.2) is 30.9 Å². The first kappa shape index (κ1) is 15.6. The molecule has 25 heavy (non-hydrogen) atoms. The van der Waals surface area contributed by atoms with Crippen LogP contribution < -0.4 is 4.90 Å². The number of anilines is 1. The summed E-state index contributed by atoms with van der Waals surface area (Å²) in [7, 11) is 0. The lowest BCUT2D eigenvalue weighted by Gasteiger charge is -2.36. The van der Waals surface area contributed by atoms with Crippen molar-refractivity contribution in [2.75, 3.05) is 31.1 Å². The van der Waals surface area contributed by atoms with Gasteiger partial charge in [-0.3, -0.25) is 13.9 Å². The zero-order valence-electron chi connectivity index (χ0n) is 14.1. The highest BCUT2D eigenvalue weighted by molar-refractivity contribution is 5.76. The number of carbonyl (C=O) groups excluding carboxylic acids is 1. The molecule has 1 amide bonds. The van der Waals surface area contributed by atoms with E-state index in [1.54, 1.807) is 18.7 Å². The fourth-order valence-electron chi connectivity index (χ4n) is 3.16. The summed E-state index contributed by atoms with van der Waals surface area (Å²) in [6.07, 6.45) is 5.65. The maximum absolute atomic E-state index is 12.4. The monoisotopic (exact) mass is 340 g/mol. The van der Waals surface area contributed by atoms with Crippen molar-refractivity contribution < 1.29 is 4.79 Å². The molecule has 130 valence electrons. The lowest BCUT2D eigenvalue weighted by molar-refractivity contribution is -0.131. The molecule has 0 bridgehead atoms. The summed E-state index contributed by atoms with van der Waals surface area (Å²) in [5.41, 5.74) is 1.08. The zero-order valence-corrected chi connectivity index (χ0v) is 14.1. The molecule has 3 aromatic rings. The van der Waals surface area contributed by atoms with E-state index in [0.717, 1.165) is 24.6 Å². The Hall–Kier alpha value is -2.97. The van der Waals surface area contributed by atoms with Crippen molar-refractivity contribution in [3.63, 3.8) is 0 Å². The Balaban J connectivity index is 1.36. The number of aromatic nitrogens is 6. The molecule has 1 aliphatic rings. The molecule has 0 aromatic carbocycles. The Labute approximate surface area is 144 Å². The lowest BCUT2D eigenvalue weighted by Crippen LogP contribution is -2.49. The Morgan fingerprint density at radius 2 is 2.00 bits per heavy atom. The largest absolute Gasteiger partial charge is 0.354 e. The van der Waals surface area contributed by atoms with Crippen molar-refractivity contribution in [3.05, 3.63) is 36.5 Å². The molecule has 0 radical (unpaired) electrons. The van der Waals surface area contributed by atoms with Crippen LogP contribution in [0.25, 0.3) is 5.78 Å². The van der Waals surface area contributed by atoms with Gasteiger partial charge in [0.25, 0.3) is 5.78 Å². The Kier molecular flexibility index (Phi) is 4.04.